The van der Waals surface area contributed by atoms with E-state index in [0.717, 1.165) is 12.8 Å². The van der Waals surface area contributed by atoms with Gasteiger partial charge in [-0.05, 0) is 77.7 Å². The quantitative estimate of drug-likeness (QED) is 0.0113. The number of hydrogen-bond donors (Lipinski definition) is 14. The van der Waals surface area contributed by atoms with Gasteiger partial charge in [0.05, 0.1) is 73.2 Å². The molecule has 0 unspecified atom stereocenters. The summed E-state index contributed by atoms with van der Waals surface area (Å²) in [5.74, 6) is -3.24. The van der Waals surface area contributed by atoms with Gasteiger partial charge in [0.25, 0.3) is 0 Å². The van der Waals surface area contributed by atoms with Crippen molar-refractivity contribution in [2.24, 2.45) is 23.5 Å². The monoisotopic (exact) mass is 1180 g/mol. The average Bonchev–Trinajstić information content (AvgIpc) is 3.42. The lowest BCUT2D eigenvalue weighted by Crippen LogP contribution is -2.32. The summed E-state index contributed by atoms with van der Waals surface area (Å²) in [6.07, 6.45) is 31.6. The standard InChI is InChI=1S/C62H97NO18S/c1-45(27-19-15-11-10-12-16-20-28-46(2)62(76)77)61(75)48(4)58(73)36-21-17-13-8-6-5-7-9-14-18-22-37-60(81-82(78,79)80)47(3)59(74)44-57(72)43-54(69)34-25-33-53(68)42-56(71)41-52(67)32-24-31-50(65)39-49(64)29-23-30-51(66)40-55(70)35-26-38-63/h5-10,12-14,16-25,27-29,32,34,36,45,47-58,60-61,64-73,75H,11,15,26,30-31,33,35,37-44,63H2,1-4H3,(H,76,77)(H,78,79,80)/b7-5+,8-6+,12-10+,14-9+,17-13+,20-16+,22-18+,27-19+,29-23+,32-24+,34-25+,36-21+,46-28+/t45-,47-,48+,49+,50+,51-,52-,53-,54+,55+,56+,57+,58+,60-,61-/m0/s1. The second-order valence-corrected chi connectivity index (χ2v) is 21.6. The Bertz CT molecular complexity index is 2260. The lowest BCUT2D eigenvalue weighted by molar-refractivity contribution is -0.132. The van der Waals surface area contributed by atoms with Crippen molar-refractivity contribution in [2.45, 2.75) is 191 Å². The van der Waals surface area contributed by atoms with E-state index in [-0.39, 0.29) is 69.3 Å². The number of rotatable bonds is 46. The molecule has 0 aliphatic rings. The lowest BCUT2D eigenvalue weighted by Gasteiger charge is -2.25. The summed E-state index contributed by atoms with van der Waals surface area (Å²) >= 11 is 0. The largest absolute Gasteiger partial charge is 0.478 e. The van der Waals surface area contributed by atoms with E-state index in [1.807, 2.05) is 31.2 Å². The van der Waals surface area contributed by atoms with Crippen LogP contribution in [-0.2, 0) is 24.2 Å². The van der Waals surface area contributed by atoms with Crippen LogP contribution in [0, 0.1) is 17.8 Å². The number of aliphatic carboxylic acids is 1. The van der Waals surface area contributed by atoms with Crippen molar-refractivity contribution in [3.63, 3.8) is 0 Å². The Balaban J connectivity index is 4.81. The molecular weight excluding hydrogens is 1080 g/mol. The maximum atomic E-state index is 13.0. The Morgan fingerprint density at radius 1 is 0.512 bits per heavy atom. The molecule has 0 radical (unpaired) electrons. The van der Waals surface area contributed by atoms with Crippen LogP contribution < -0.4 is 5.73 Å². The smallest absolute Gasteiger partial charge is 0.397 e. The summed E-state index contributed by atoms with van der Waals surface area (Å²) < 4.78 is 37.4. The Morgan fingerprint density at radius 3 is 1.49 bits per heavy atom. The fourth-order valence-electron chi connectivity index (χ4n) is 7.89. The molecule has 0 aliphatic heterocycles. The zero-order chi connectivity index (χ0) is 61.9. The molecule has 0 aromatic carbocycles. The van der Waals surface area contributed by atoms with Crippen molar-refractivity contribution < 1.29 is 88.0 Å². The third kappa shape index (κ3) is 42.9. The normalized spacial score (nSPS) is 19.3. The molecule has 0 aromatic rings. The van der Waals surface area contributed by atoms with Gasteiger partial charge in [-0.25, -0.2) is 8.98 Å². The number of aliphatic hydroxyl groups excluding tert-OH is 11. The van der Waals surface area contributed by atoms with Crippen LogP contribution in [0.2, 0.25) is 0 Å². The number of ketones is 1. The first kappa shape index (κ1) is 77.2. The fourth-order valence-corrected chi connectivity index (χ4v) is 8.45. The molecule has 82 heavy (non-hydrogen) atoms. The van der Waals surface area contributed by atoms with Crippen molar-refractivity contribution in [3.05, 3.63) is 157 Å². The third-order valence-electron chi connectivity index (χ3n) is 12.8. The minimum absolute atomic E-state index is 0.000834. The van der Waals surface area contributed by atoms with Gasteiger partial charge in [0.1, 0.15) is 5.78 Å². The van der Waals surface area contributed by atoms with Crippen molar-refractivity contribution in [1.29, 1.82) is 0 Å². The van der Waals surface area contributed by atoms with Gasteiger partial charge >= 0.3 is 16.4 Å². The van der Waals surface area contributed by atoms with Crippen LogP contribution in [0.3, 0.4) is 0 Å². The molecule has 20 heteroatoms. The highest BCUT2D eigenvalue weighted by Crippen LogP contribution is 2.21. The van der Waals surface area contributed by atoms with Crippen LogP contribution in [0.15, 0.2) is 157 Å². The van der Waals surface area contributed by atoms with Gasteiger partial charge in [-0.3, -0.25) is 9.35 Å². The van der Waals surface area contributed by atoms with E-state index in [4.69, 9.17) is 15.0 Å². The van der Waals surface area contributed by atoms with Gasteiger partial charge in [0.2, 0.25) is 0 Å². The number of hydrogen-bond acceptors (Lipinski definition) is 17. The molecule has 0 aliphatic carbocycles. The van der Waals surface area contributed by atoms with E-state index in [1.165, 1.54) is 56.4 Å². The molecule has 0 aromatic heterocycles. The number of carbonyl (C=O) groups excluding carboxylic acids is 1. The molecule has 0 fully saturated rings. The highest BCUT2D eigenvalue weighted by atomic mass is 32.3. The molecule has 464 valence electrons. The number of Topliss-reactive ketones (excluding diaryl/α,β-unsaturated/α-hetero) is 1. The molecule has 0 spiro atoms. The zero-order valence-corrected chi connectivity index (χ0v) is 48.9. The first-order chi connectivity index (χ1) is 38.8. The number of aliphatic hydroxyl groups is 11. The van der Waals surface area contributed by atoms with Crippen LogP contribution in [0.5, 0.6) is 0 Å². The van der Waals surface area contributed by atoms with Gasteiger partial charge in [-0.2, -0.15) is 8.42 Å². The molecule has 0 heterocycles. The van der Waals surface area contributed by atoms with E-state index in [1.54, 1.807) is 92.0 Å². The van der Waals surface area contributed by atoms with Crippen LogP contribution in [-0.4, -0.2) is 166 Å². The summed E-state index contributed by atoms with van der Waals surface area (Å²) in [4.78, 5) is 23.8. The summed E-state index contributed by atoms with van der Waals surface area (Å²) in [5.41, 5.74) is 5.68. The molecule has 0 amide bonds. The lowest BCUT2D eigenvalue weighted by atomic mass is 9.88. The molecular formula is C62H97NO18S. The van der Waals surface area contributed by atoms with E-state index in [9.17, 15) is 78.7 Å². The van der Waals surface area contributed by atoms with Crippen LogP contribution in [0.1, 0.15) is 118 Å². The van der Waals surface area contributed by atoms with Crippen LogP contribution in [0.25, 0.3) is 0 Å². The molecule has 0 saturated carbocycles. The number of allylic oxidation sites excluding steroid dienone is 16. The fraction of sp³-hybridized carbons (Fsp3) is 0.548. The summed E-state index contributed by atoms with van der Waals surface area (Å²) in [7, 11) is -4.95. The van der Waals surface area contributed by atoms with E-state index in [0.29, 0.717) is 19.4 Å². The predicted octanol–water partition coefficient (Wildman–Crippen LogP) is 5.75. The Hall–Kier alpha value is -4.85. The first-order valence-corrected chi connectivity index (χ1v) is 29.4. The van der Waals surface area contributed by atoms with Crippen molar-refractivity contribution >= 4 is 22.2 Å². The Kier molecular flexibility index (Phi) is 43.8. The van der Waals surface area contributed by atoms with Gasteiger partial charge in [0.15, 0.2) is 0 Å². The van der Waals surface area contributed by atoms with Gasteiger partial charge < -0.3 is 67.0 Å². The Labute approximate surface area is 486 Å². The average molecular weight is 1180 g/mol. The molecule has 15 atom stereocenters. The number of unbranched alkanes of at least 4 members (excludes halogenated alkanes) is 1. The number of carboxylic acid groups (broad SMARTS) is 1. The first-order valence-electron chi connectivity index (χ1n) is 28.0. The van der Waals surface area contributed by atoms with E-state index >= 15 is 0 Å². The molecule has 0 rings (SSSR count). The summed E-state index contributed by atoms with van der Waals surface area (Å²) in [6.45, 7) is 7.02. The number of carboxylic acids is 1. The Morgan fingerprint density at radius 2 is 0.963 bits per heavy atom. The van der Waals surface area contributed by atoms with Crippen LogP contribution in [0.4, 0.5) is 0 Å². The molecule has 19 nitrogen and oxygen atoms in total. The minimum Gasteiger partial charge on any atom is -0.478 e. The highest BCUT2D eigenvalue weighted by Gasteiger charge is 2.30. The predicted molar refractivity (Wildman–Crippen MR) is 320 cm³/mol. The highest BCUT2D eigenvalue weighted by molar-refractivity contribution is 7.80. The SMILES string of the molecule is C\C(=C/C=C/C=C/CC/C=C/[C@H](C)[C@H](O)[C@H](C)[C@H](O)/C=C/C=C/C=C/C=C/C=C/C=C/C[C@H](OS(=O)(=O)O)[C@@H](C)C(=O)C[C@H](O)C[C@H](O)/C=C/C[C@H](O)C[C@H](O)C[C@@H](O)/C=C/C[C@@H](O)C[C@H](O)/C=C/C[C@H](O)C[C@H](O)CCCN)C(=O)O. The maximum absolute atomic E-state index is 13.0. The van der Waals surface area contributed by atoms with Crippen molar-refractivity contribution in [3.8, 4) is 0 Å². The molecule has 0 bridgehead atoms. The van der Waals surface area contributed by atoms with Gasteiger partial charge in [-0.15, -0.1) is 0 Å². The summed E-state index contributed by atoms with van der Waals surface area (Å²) in [5, 5.41) is 123. The number of carbonyl (C=O) groups is 2. The van der Waals surface area contributed by atoms with Crippen molar-refractivity contribution in [1.82, 2.24) is 0 Å². The molecule has 0 saturated heterocycles. The summed E-state index contributed by atoms with van der Waals surface area (Å²) in [6, 6.07) is 0. The van der Waals surface area contributed by atoms with E-state index in [2.05, 4.69) is 0 Å². The van der Waals surface area contributed by atoms with Gasteiger partial charge in [0, 0.05) is 49.0 Å². The maximum Gasteiger partial charge on any atom is 0.397 e. The zero-order valence-electron chi connectivity index (χ0n) is 48.0. The van der Waals surface area contributed by atoms with Gasteiger partial charge in [-0.1, -0.05) is 173 Å². The van der Waals surface area contributed by atoms with E-state index < -0.39 is 114 Å². The third-order valence-corrected chi connectivity index (χ3v) is 13.3. The number of nitrogens with two attached hydrogens (primary N) is 1. The second kappa shape index (κ2) is 46.5. The second-order valence-electron chi connectivity index (χ2n) is 20.5. The molecule has 15 N–H and O–H groups in total. The topological polar surface area (TPSA) is 367 Å². The van der Waals surface area contributed by atoms with Crippen LogP contribution >= 0.6 is 0 Å². The minimum atomic E-state index is -4.95. The van der Waals surface area contributed by atoms with Crippen molar-refractivity contribution in [2.75, 3.05) is 6.54 Å².